The van der Waals surface area contributed by atoms with Crippen molar-refractivity contribution in [3.8, 4) is 5.69 Å². The molecule has 4 rings (SSSR count). The fraction of sp³-hybridized carbons (Fsp3) is 0.217. The van der Waals surface area contributed by atoms with Gasteiger partial charge in [0.1, 0.15) is 6.54 Å². The zero-order chi connectivity index (χ0) is 24.6. The first-order valence-electron chi connectivity index (χ1n) is 10.3. The quantitative estimate of drug-likeness (QED) is 0.467. The maximum absolute atomic E-state index is 13.1. The second-order valence-corrected chi connectivity index (χ2v) is 7.80. The molecule has 2 aromatic carbocycles. The summed E-state index contributed by atoms with van der Waals surface area (Å²) in [5, 5.41) is 7.24. The molecule has 1 unspecified atom stereocenters. The molecule has 0 fully saturated rings. The van der Waals surface area contributed by atoms with Gasteiger partial charge in [-0.3, -0.25) is 19.1 Å². The van der Waals surface area contributed by atoms with Gasteiger partial charge < -0.3 is 5.32 Å². The fourth-order valence-corrected chi connectivity index (χ4v) is 3.83. The number of para-hydroxylation sites is 1. The van der Waals surface area contributed by atoms with Gasteiger partial charge in [-0.15, -0.1) is 0 Å². The first kappa shape index (κ1) is 23.0. The average Bonchev–Trinajstić information content (AvgIpc) is 3.17. The van der Waals surface area contributed by atoms with Crippen LogP contribution in [0.3, 0.4) is 0 Å². The van der Waals surface area contributed by atoms with Crippen LogP contribution in [0.4, 0.5) is 13.2 Å². The molecule has 0 aliphatic heterocycles. The van der Waals surface area contributed by atoms with E-state index >= 15 is 0 Å². The molecule has 11 heteroatoms. The molecule has 2 N–H and O–H groups in total. The van der Waals surface area contributed by atoms with Crippen LogP contribution in [0.15, 0.2) is 64.3 Å². The molecular formula is C23H20F3N5O3. The largest absolute Gasteiger partial charge is 0.416 e. The number of amides is 1. The van der Waals surface area contributed by atoms with Crippen LogP contribution in [-0.4, -0.2) is 25.2 Å². The third kappa shape index (κ3) is 4.36. The molecule has 34 heavy (non-hydrogen) atoms. The first-order chi connectivity index (χ1) is 16.1. The van der Waals surface area contributed by atoms with Gasteiger partial charge in [-0.2, -0.15) is 18.3 Å². The smallest absolute Gasteiger partial charge is 0.348 e. The van der Waals surface area contributed by atoms with E-state index in [9.17, 15) is 27.6 Å². The lowest BCUT2D eigenvalue weighted by Gasteiger charge is -2.16. The van der Waals surface area contributed by atoms with Crippen LogP contribution in [0.5, 0.6) is 0 Å². The summed E-state index contributed by atoms with van der Waals surface area (Å²) in [6.07, 6.45) is -3.01. The van der Waals surface area contributed by atoms with E-state index in [-0.39, 0.29) is 17.6 Å². The Morgan fingerprint density at radius 2 is 1.88 bits per heavy atom. The number of hydrogen-bond donors (Lipinski definition) is 2. The van der Waals surface area contributed by atoms with E-state index in [1.165, 1.54) is 23.0 Å². The van der Waals surface area contributed by atoms with Gasteiger partial charge >= 0.3 is 11.9 Å². The highest BCUT2D eigenvalue weighted by molar-refractivity contribution is 5.81. The van der Waals surface area contributed by atoms with Crippen molar-refractivity contribution in [3.63, 3.8) is 0 Å². The predicted octanol–water partition coefficient (Wildman–Crippen LogP) is 3.08. The van der Waals surface area contributed by atoms with Crippen molar-refractivity contribution >= 4 is 16.8 Å². The summed E-state index contributed by atoms with van der Waals surface area (Å²) in [6.45, 7) is 3.05. The lowest BCUT2D eigenvalue weighted by molar-refractivity contribution is -0.137. The summed E-state index contributed by atoms with van der Waals surface area (Å²) in [5.41, 5.74) is -0.316. The third-order valence-electron chi connectivity index (χ3n) is 5.52. The lowest BCUT2D eigenvalue weighted by atomic mass is 10.1. The Balaban J connectivity index is 1.56. The number of benzene rings is 2. The molecule has 8 nitrogen and oxygen atoms in total. The summed E-state index contributed by atoms with van der Waals surface area (Å²) in [5.74, 6) is -0.488. The van der Waals surface area contributed by atoms with E-state index in [0.717, 1.165) is 16.7 Å². The standard InChI is InChI=1S/C23H20F3N5O3/c1-13(18-11-27-31(14(18)2)16-7-5-6-15(10-16)23(24,25)26)28-20(32)12-30-19-9-4-3-8-17(19)21(33)29-22(30)34/h3-11,13H,12H2,1-2H3,(H,28,32)(H,29,33,34). The van der Waals surface area contributed by atoms with Gasteiger partial charge in [-0.05, 0) is 44.2 Å². The van der Waals surface area contributed by atoms with Gasteiger partial charge in [0.25, 0.3) is 5.56 Å². The Morgan fingerprint density at radius 1 is 1.15 bits per heavy atom. The highest BCUT2D eigenvalue weighted by Gasteiger charge is 2.30. The molecule has 0 aliphatic carbocycles. The third-order valence-corrected chi connectivity index (χ3v) is 5.52. The van der Waals surface area contributed by atoms with Crippen LogP contribution >= 0.6 is 0 Å². The SMILES string of the molecule is Cc1c(C(C)NC(=O)Cn2c(=O)[nH]c(=O)c3ccccc32)cnn1-c1cccc(C(F)(F)F)c1. The molecular weight excluding hydrogens is 451 g/mol. The van der Waals surface area contributed by atoms with Crippen LogP contribution in [-0.2, 0) is 17.5 Å². The summed E-state index contributed by atoms with van der Waals surface area (Å²) in [4.78, 5) is 39.2. The zero-order valence-electron chi connectivity index (χ0n) is 18.2. The number of rotatable bonds is 5. The van der Waals surface area contributed by atoms with E-state index < -0.39 is 34.9 Å². The van der Waals surface area contributed by atoms with Crippen molar-refractivity contribution in [1.29, 1.82) is 0 Å². The van der Waals surface area contributed by atoms with E-state index in [2.05, 4.69) is 15.4 Å². The van der Waals surface area contributed by atoms with Crippen LogP contribution < -0.4 is 16.6 Å². The minimum absolute atomic E-state index is 0.239. The topological polar surface area (TPSA) is 102 Å². The van der Waals surface area contributed by atoms with Crippen LogP contribution in [0.25, 0.3) is 16.6 Å². The highest BCUT2D eigenvalue weighted by Crippen LogP contribution is 2.31. The van der Waals surface area contributed by atoms with Crippen molar-refractivity contribution in [3.05, 3.63) is 92.4 Å². The van der Waals surface area contributed by atoms with E-state index in [4.69, 9.17) is 0 Å². The molecule has 0 saturated heterocycles. The van der Waals surface area contributed by atoms with E-state index in [0.29, 0.717) is 16.8 Å². The number of carbonyl (C=O) groups excluding carboxylic acids is 1. The van der Waals surface area contributed by atoms with Crippen molar-refractivity contribution < 1.29 is 18.0 Å². The maximum atomic E-state index is 13.1. The number of H-pyrrole nitrogens is 1. The Morgan fingerprint density at radius 3 is 2.62 bits per heavy atom. The molecule has 176 valence electrons. The molecule has 4 aromatic rings. The summed E-state index contributed by atoms with van der Waals surface area (Å²) in [6, 6.07) is 10.7. The lowest BCUT2D eigenvalue weighted by Crippen LogP contribution is -2.37. The maximum Gasteiger partial charge on any atom is 0.416 e. The number of halogens is 3. The monoisotopic (exact) mass is 471 g/mol. The number of aromatic amines is 1. The highest BCUT2D eigenvalue weighted by atomic mass is 19.4. The van der Waals surface area contributed by atoms with Gasteiger partial charge in [0.2, 0.25) is 5.91 Å². The number of carbonyl (C=O) groups is 1. The van der Waals surface area contributed by atoms with Gasteiger partial charge in [-0.25, -0.2) is 9.48 Å². The van der Waals surface area contributed by atoms with Gasteiger partial charge in [0, 0.05) is 11.3 Å². The number of alkyl halides is 3. The second-order valence-electron chi connectivity index (χ2n) is 7.80. The normalized spacial score (nSPS) is 12.6. The number of nitrogens with one attached hydrogen (secondary N) is 2. The van der Waals surface area contributed by atoms with Gasteiger partial charge in [0.15, 0.2) is 0 Å². The average molecular weight is 471 g/mol. The molecule has 0 radical (unpaired) electrons. The molecule has 0 saturated carbocycles. The number of fused-ring (bicyclic) bond motifs is 1. The Bertz CT molecular complexity index is 1500. The zero-order valence-corrected chi connectivity index (χ0v) is 18.2. The summed E-state index contributed by atoms with van der Waals surface area (Å²) in [7, 11) is 0. The second kappa shape index (κ2) is 8.65. The van der Waals surface area contributed by atoms with Crippen LogP contribution in [0.1, 0.15) is 29.8 Å². The molecule has 2 aromatic heterocycles. The van der Waals surface area contributed by atoms with E-state index in [1.807, 2.05) is 0 Å². The Labute approximate surface area is 190 Å². The van der Waals surface area contributed by atoms with Crippen molar-refractivity contribution in [2.24, 2.45) is 0 Å². The first-order valence-corrected chi connectivity index (χ1v) is 10.3. The van der Waals surface area contributed by atoms with E-state index in [1.54, 1.807) is 38.1 Å². The number of hydrogen-bond acceptors (Lipinski definition) is 4. The molecule has 0 spiro atoms. The molecule has 1 atom stereocenters. The van der Waals surface area contributed by atoms with Crippen molar-refractivity contribution in [2.75, 3.05) is 0 Å². The molecule has 1 amide bonds. The Kier molecular flexibility index (Phi) is 5.86. The molecule has 2 heterocycles. The van der Waals surface area contributed by atoms with Crippen LogP contribution in [0.2, 0.25) is 0 Å². The van der Waals surface area contributed by atoms with Crippen molar-refractivity contribution in [1.82, 2.24) is 24.6 Å². The van der Waals surface area contributed by atoms with Crippen LogP contribution in [0, 0.1) is 6.92 Å². The summed E-state index contributed by atoms with van der Waals surface area (Å²) < 4.78 is 41.7. The van der Waals surface area contributed by atoms with Gasteiger partial charge in [0.05, 0.1) is 34.4 Å². The van der Waals surface area contributed by atoms with Gasteiger partial charge in [-0.1, -0.05) is 18.2 Å². The minimum Gasteiger partial charge on any atom is -0.348 e. The number of nitrogens with zero attached hydrogens (tertiary/aromatic N) is 3. The Hall–Kier alpha value is -4.15. The predicted molar refractivity (Wildman–Crippen MR) is 119 cm³/mol. The minimum atomic E-state index is -4.48. The number of aromatic nitrogens is 4. The molecule has 0 bridgehead atoms. The molecule has 0 aliphatic rings. The summed E-state index contributed by atoms with van der Waals surface area (Å²) >= 11 is 0. The van der Waals surface area contributed by atoms with Crippen molar-refractivity contribution in [2.45, 2.75) is 32.6 Å². The fourth-order valence-electron chi connectivity index (χ4n) is 3.83.